The summed E-state index contributed by atoms with van der Waals surface area (Å²) in [7, 11) is 0. The summed E-state index contributed by atoms with van der Waals surface area (Å²) in [5.41, 5.74) is 0.511. The lowest BCUT2D eigenvalue weighted by molar-refractivity contribution is -0.137. The smallest absolute Gasteiger partial charge is 0.335 e. The van der Waals surface area contributed by atoms with Gasteiger partial charge in [0.15, 0.2) is 4.77 Å². The SMILES string of the molecule is Cc1cn(-c2cccc(C(F)(F)F)c2)c(=S)[nH]1. The van der Waals surface area contributed by atoms with Crippen molar-refractivity contribution < 1.29 is 13.2 Å². The van der Waals surface area contributed by atoms with E-state index in [1.165, 1.54) is 10.6 Å². The van der Waals surface area contributed by atoms with Crippen molar-refractivity contribution in [1.29, 1.82) is 0 Å². The summed E-state index contributed by atoms with van der Waals surface area (Å²) in [6.07, 6.45) is -2.68. The van der Waals surface area contributed by atoms with E-state index in [0.717, 1.165) is 17.8 Å². The van der Waals surface area contributed by atoms with Crippen LogP contribution in [0, 0.1) is 11.7 Å². The first-order chi connectivity index (χ1) is 7.88. The minimum Gasteiger partial charge on any atom is -0.335 e. The Morgan fingerprint density at radius 1 is 1.29 bits per heavy atom. The van der Waals surface area contributed by atoms with Crippen molar-refractivity contribution in [3.63, 3.8) is 0 Å². The van der Waals surface area contributed by atoms with Crippen molar-refractivity contribution in [2.24, 2.45) is 0 Å². The summed E-state index contributed by atoms with van der Waals surface area (Å²) in [6.45, 7) is 1.79. The number of H-pyrrole nitrogens is 1. The van der Waals surface area contributed by atoms with Gasteiger partial charge in [-0.05, 0) is 37.3 Å². The number of aryl methyl sites for hydroxylation is 1. The third-order valence-electron chi connectivity index (χ3n) is 2.30. The number of nitrogens with one attached hydrogen (secondary N) is 1. The van der Waals surface area contributed by atoms with E-state index in [9.17, 15) is 13.2 Å². The fraction of sp³-hybridized carbons (Fsp3) is 0.182. The molecule has 17 heavy (non-hydrogen) atoms. The van der Waals surface area contributed by atoms with Crippen LogP contribution in [0.15, 0.2) is 30.5 Å². The highest BCUT2D eigenvalue weighted by molar-refractivity contribution is 7.71. The summed E-state index contributed by atoms with van der Waals surface area (Å²) in [6, 6.07) is 5.05. The summed E-state index contributed by atoms with van der Waals surface area (Å²) in [4.78, 5) is 2.86. The van der Waals surface area contributed by atoms with Crippen molar-refractivity contribution in [2.75, 3.05) is 0 Å². The van der Waals surface area contributed by atoms with Crippen LogP contribution in [0.2, 0.25) is 0 Å². The highest BCUT2D eigenvalue weighted by Crippen LogP contribution is 2.30. The molecule has 1 aromatic heterocycles. The largest absolute Gasteiger partial charge is 0.416 e. The standard InChI is InChI=1S/C11H9F3N2S/c1-7-6-16(10(17)15-7)9-4-2-3-8(5-9)11(12,13)14/h2-6H,1H3,(H,15,17). The number of hydrogen-bond donors (Lipinski definition) is 1. The summed E-state index contributed by atoms with van der Waals surface area (Å²) < 4.78 is 39.5. The Balaban J connectivity index is 2.54. The molecule has 0 unspecified atom stereocenters. The number of alkyl halides is 3. The minimum atomic E-state index is -4.34. The highest BCUT2D eigenvalue weighted by Gasteiger charge is 2.30. The molecule has 2 aromatic rings. The predicted octanol–water partition coefficient (Wildman–Crippen LogP) is 3.86. The van der Waals surface area contributed by atoms with Crippen LogP contribution in [0.5, 0.6) is 0 Å². The van der Waals surface area contributed by atoms with E-state index in [1.807, 2.05) is 0 Å². The van der Waals surface area contributed by atoms with Crippen molar-refractivity contribution >= 4 is 12.2 Å². The van der Waals surface area contributed by atoms with Crippen LogP contribution in [0.4, 0.5) is 13.2 Å². The Morgan fingerprint density at radius 2 is 2.00 bits per heavy atom. The first kappa shape index (κ1) is 11.9. The molecule has 0 fully saturated rings. The van der Waals surface area contributed by atoms with Gasteiger partial charge in [0.05, 0.1) is 5.56 Å². The van der Waals surface area contributed by atoms with Gasteiger partial charge >= 0.3 is 6.18 Å². The molecular weight excluding hydrogens is 249 g/mol. The Bertz CT molecular complexity index is 595. The quantitative estimate of drug-likeness (QED) is 0.770. The molecule has 0 spiro atoms. The molecule has 0 atom stereocenters. The molecule has 1 N–H and O–H groups in total. The van der Waals surface area contributed by atoms with E-state index < -0.39 is 11.7 Å². The third-order valence-corrected chi connectivity index (χ3v) is 2.60. The Kier molecular flexibility index (Phi) is 2.82. The van der Waals surface area contributed by atoms with Crippen LogP contribution in [0.1, 0.15) is 11.3 Å². The molecule has 0 radical (unpaired) electrons. The molecule has 6 heteroatoms. The average Bonchev–Trinajstić information content (AvgIpc) is 2.57. The molecule has 2 nitrogen and oxygen atoms in total. The predicted molar refractivity (Wildman–Crippen MR) is 60.7 cm³/mol. The second-order valence-electron chi connectivity index (χ2n) is 3.66. The minimum absolute atomic E-state index is 0.377. The van der Waals surface area contributed by atoms with E-state index in [1.54, 1.807) is 19.2 Å². The van der Waals surface area contributed by atoms with Crippen LogP contribution >= 0.6 is 12.2 Å². The summed E-state index contributed by atoms with van der Waals surface area (Å²) in [5, 5.41) is 0. The lowest BCUT2D eigenvalue weighted by Crippen LogP contribution is -2.05. The zero-order valence-corrected chi connectivity index (χ0v) is 9.69. The molecule has 0 aliphatic heterocycles. The van der Waals surface area contributed by atoms with Gasteiger partial charge in [-0.3, -0.25) is 4.57 Å². The fourth-order valence-corrected chi connectivity index (χ4v) is 1.86. The van der Waals surface area contributed by atoms with Crippen LogP contribution in [0.25, 0.3) is 5.69 Å². The zero-order valence-electron chi connectivity index (χ0n) is 8.88. The second kappa shape index (κ2) is 4.03. The van der Waals surface area contributed by atoms with Crippen LogP contribution < -0.4 is 0 Å². The molecule has 1 heterocycles. The molecule has 0 aliphatic rings. The van der Waals surface area contributed by atoms with Crippen molar-refractivity contribution in [3.8, 4) is 5.69 Å². The Hall–Kier alpha value is -1.56. The van der Waals surface area contributed by atoms with Gasteiger partial charge in [0.25, 0.3) is 0 Å². The fourth-order valence-electron chi connectivity index (χ4n) is 1.54. The molecular formula is C11H9F3N2S. The lowest BCUT2D eigenvalue weighted by Gasteiger charge is -2.08. The Labute approximate surface area is 101 Å². The number of hydrogen-bond acceptors (Lipinski definition) is 1. The molecule has 90 valence electrons. The topological polar surface area (TPSA) is 20.7 Å². The Morgan fingerprint density at radius 3 is 2.53 bits per heavy atom. The maximum Gasteiger partial charge on any atom is 0.416 e. The van der Waals surface area contributed by atoms with Gasteiger partial charge in [-0.25, -0.2) is 0 Å². The molecule has 0 saturated heterocycles. The number of benzene rings is 1. The van der Waals surface area contributed by atoms with Crippen molar-refractivity contribution in [3.05, 3.63) is 46.5 Å². The van der Waals surface area contributed by atoms with E-state index >= 15 is 0 Å². The van der Waals surface area contributed by atoms with Crippen LogP contribution in [-0.4, -0.2) is 9.55 Å². The van der Waals surface area contributed by atoms with Crippen molar-refractivity contribution in [1.82, 2.24) is 9.55 Å². The van der Waals surface area contributed by atoms with Gasteiger partial charge in [-0.1, -0.05) is 6.07 Å². The number of nitrogens with zero attached hydrogens (tertiary/aromatic N) is 1. The van der Waals surface area contributed by atoms with E-state index in [4.69, 9.17) is 12.2 Å². The summed E-state index contributed by atoms with van der Waals surface area (Å²) in [5.74, 6) is 0. The van der Waals surface area contributed by atoms with Crippen molar-refractivity contribution in [2.45, 2.75) is 13.1 Å². The number of halogens is 3. The second-order valence-corrected chi connectivity index (χ2v) is 4.05. The first-order valence-corrected chi connectivity index (χ1v) is 5.24. The molecule has 0 amide bonds. The molecule has 1 aromatic carbocycles. The number of rotatable bonds is 1. The van der Waals surface area contributed by atoms with Gasteiger partial charge in [-0.15, -0.1) is 0 Å². The molecule has 0 bridgehead atoms. The highest BCUT2D eigenvalue weighted by atomic mass is 32.1. The van der Waals surface area contributed by atoms with E-state index in [2.05, 4.69) is 4.98 Å². The van der Waals surface area contributed by atoms with Crippen LogP contribution in [-0.2, 0) is 6.18 Å². The number of aromatic nitrogens is 2. The molecule has 0 aliphatic carbocycles. The lowest BCUT2D eigenvalue weighted by atomic mass is 10.2. The summed E-state index contributed by atoms with van der Waals surface area (Å²) >= 11 is 5.02. The van der Waals surface area contributed by atoms with Gasteiger partial charge < -0.3 is 4.98 Å². The van der Waals surface area contributed by atoms with Gasteiger partial charge in [0, 0.05) is 17.6 Å². The van der Waals surface area contributed by atoms with Crippen LogP contribution in [0.3, 0.4) is 0 Å². The molecule has 0 saturated carbocycles. The number of imidazole rings is 1. The third kappa shape index (κ3) is 2.41. The molecule has 2 rings (SSSR count). The van der Waals surface area contributed by atoms with Gasteiger partial charge in [0.1, 0.15) is 0 Å². The number of aromatic amines is 1. The maximum absolute atomic E-state index is 12.5. The normalized spacial score (nSPS) is 11.8. The van der Waals surface area contributed by atoms with E-state index in [-0.39, 0.29) is 0 Å². The zero-order chi connectivity index (χ0) is 12.6. The van der Waals surface area contributed by atoms with E-state index in [0.29, 0.717) is 10.5 Å². The first-order valence-electron chi connectivity index (χ1n) is 4.84. The van der Waals surface area contributed by atoms with Gasteiger partial charge in [0.2, 0.25) is 0 Å². The maximum atomic E-state index is 12.5. The average molecular weight is 258 g/mol. The monoisotopic (exact) mass is 258 g/mol. The van der Waals surface area contributed by atoms with Gasteiger partial charge in [-0.2, -0.15) is 13.2 Å².